The average molecular weight is 275 g/mol. The minimum atomic E-state index is -0.562. The number of nitrogens with two attached hydrogens (primary N) is 2. The molecule has 0 saturated carbocycles. The van der Waals surface area contributed by atoms with Gasteiger partial charge in [0.15, 0.2) is 0 Å². The number of rotatable bonds is 3. The Morgan fingerprint density at radius 1 is 1.20 bits per heavy atom. The molecule has 104 valence electrons. The number of halogens is 1. The van der Waals surface area contributed by atoms with E-state index in [-0.39, 0.29) is 16.9 Å². The Morgan fingerprint density at radius 3 is 2.60 bits per heavy atom. The van der Waals surface area contributed by atoms with E-state index in [2.05, 4.69) is 5.32 Å². The van der Waals surface area contributed by atoms with E-state index in [1.807, 2.05) is 0 Å². The average Bonchev–Trinajstić information content (AvgIpc) is 2.41. The molecule has 20 heavy (non-hydrogen) atoms. The van der Waals surface area contributed by atoms with Crippen molar-refractivity contribution in [3.63, 3.8) is 0 Å². The lowest BCUT2D eigenvalue weighted by molar-refractivity contribution is 0.102. The predicted molar refractivity (Wildman–Crippen MR) is 76.2 cm³/mol. The zero-order chi connectivity index (χ0) is 14.7. The lowest BCUT2D eigenvalue weighted by Gasteiger charge is -2.10. The molecular weight excluding hydrogens is 261 g/mol. The van der Waals surface area contributed by atoms with Crippen LogP contribution >= 0.6 is 0 Å². The highest BCUT2D eigenvalue weighted by molar-refractivity contribution is 6.08. The largest absolute Gasteiger partial charge is 0.497 e. The second kappa shape index (κ2) is 5.48. The number of benzene rings is 2. The summed E-state index contributed by atoms with van der Waals surface area (Å²) in [6.45, 7) is 0. The Kier molecular flexibility index (Phi) is 3.74. The van der Waals surface area contributed by atoms with E-state index in [4.69, 9.17) is 16.2 Å². The van der Waals surface area contributed by atoms with Crippen LogP contribution in [-0.2, 0) is 0 Å². The third kappa shape index (κ3) is 2.80. The van der Waals surface area contributed by atoms with Gasteiger partial charge in [-0.15, -0.1) is 0 Å². The molecule has 6 heteroatoms. The highest BCUT2D eigenvalue weighted by atomic mass is 19.1. The van der Waals surface area contributed by atoms with Gasteiger partial charge in [0, 0.05) is 17.4 Å². The van der Waals surface area contributed by atoms with Gasteiger partial charge in [0.05, 0.1) is 18.4 Å². The molecular formula is C14H14FN3O2. The summed E-state index contributed by atoms with van der Waals surface area (Å²) in [5.41, 5.74) is 12.2. The maximum Gasteiger partial charge on any atom is 0.257 e. The van der Waals surface area contributed by atoms with Crippen LogP contribution in [0.1, 0.15) is 10.4 Å². The summed E-state index contributed by atoms with van der Waals surface area (Å²) < 4.78 is 18.6. The molecule has 0 radical (unpaired) electrons. The molecule has 2 rings (SSSR count). The fourth-order valence-electron chi connectivity index (χ4n) is 1.70. The van der Waals surface area contributed by atoms with Gasteiger partial charge >= 0.3 is 0 Å². The lowest BCUT2D eigenvalue weighted by atomic mass is 10.1. The highest BCUT2D eigenvalue weighted by Crippen LogP contribution is 2.23. The maximum atomic E-state index is 13.6. The molecule has 0 saturated heterocycles. The van der Waals surface area contributed by atoms with Crippen LogP contribution in [0.5, 0.6) is 5.75 Å². The fourth-order valence-corrected chi connectivity index (χ4v) is 1.70. The SMILES string of the molecule is COc1ccc(F)c(NC(=O)c2ccc(N)cc2N)c1. The Labute approximate surface area is 115 Å². The summed E-state index contributed by atoms with van der Waals surface area (Å²) in [5, 5.41) is 2.45. The Morgan fingerprint density at radius 2 is 1.95 bits per heavy atom. The van der Waals surface area contributed by atoms with Crippen molar-refractivity contribution in [3.05, 3.63) is 47.8 Å². The van der Waals surface area contributed by atoms with Crippen LogP contribution in [0.25, 0.3) is 0 Å². The van der Waals surface area contributed by atoms with Gasteiger partial charge in [-0.2, -0.15) is 0 Å². The standard InChI is InChI=1S/C14H14FN3O2/c1-20-9-3-5-11(15)13(7-9)18-14(19)10-4-2-8(16)6-12(10)17/h2-7H,16-17H2,1H3,(H,18,19). The maximum absolute atomic E-state index is 13.6. The van der Waals surface area contributed by atoms with Crippen LogP contribution in [0.2, 0.25) is 0 Å². The van der Waals surface area contributed by atoms with E-state index in [9.17, 15) is 9.18 Å². The molecule has 5 nitrogen and oxygen atoms in total. The van der Waals surface area contributed by atoms with Gasteiger partial charge in [-0.1, -0.05) is 0 Å². The molecule has 0 heterocycles. The van der Waals surface area contributed by atoms with Gasteiger partial charge in [-0.25, -0.2) is 4.39 Å². The second-order valence-electron chi connectivity index (χ2n) is 4.15. The van der Waals surface area contributed by atoms with Crippen molar-refractivity contribution >= 4 is 23.0 Å². The lowest BCUT2D eigenvalue weighted by Crippen LogP contribution is -2.15. The number of ether oxygens (including phenoxy) is 1. The number of nitrogens with one attached hydrogen (secondary N) is 1. The molecule has 0 aliphatic carbocycles. The van der Waals surface area contributed by atoms with E-state index in [0.717, 1.165) is 0 Å². The molecule has 0 aliphatic rings. The molecule has 0 aromatic heterocycles. The zero-order valence-electron chi connectivity index (χ0n) is 10.8. The first-order valence-corrected chi connectivity index (χ1v) is 5.81. The third-order valence-electron chi connectivity index (χ3n) is 2.74. The van der Waals surface area contributed by atoms with Gasteiger partial charge in [-0.05, 0) is 30.3 Å². The van der Waals surface area contributed by atoms with Crippen LogP contribution in [0.4, 0.5) is 21.5 Å². The predicted octanol–water partition coefficient (Wildman–Crippen LogP) is 2.25. The van der Waals surface area contributed by atoms with Gasteiger partial charge in [0.1, 0.15) is 11.6 Å². The highest BCUT2D eigenvalue weighted by Gasteiger charge is 2.13. The first-order chi connectivity index (χ1) is 9.51. The topological polar surface area (TPSA) is 90.4 Å². The number of hydrogen-bond acceptors (Lipinski definition) is 4. The van der Waals surface area contributed by atoms with Gasteiger partial charge in [0.2, 0.25) is 0 Å². The molecule has 0 unspecified atom stereocenters. The molecule has 0 aliphatic heterocycles. The molecule has 0 spiro atoms. The van der Waals surface area contributed by atoms with Crippen LogP contribution < -0.4 is 21.5 Å². The minimum Gasteiger partial charge on any atom is -0.497 e. The van der Waals surface area contributed by atoms with Gasteiger partial charge < -0.3 is 21.5 Å². The summed E-state index contributed by atoms with van der Waals surface area (Å²) in [5.74, 6) is -0.644. The molecule has 2 aromatic rings. The van der Waals surface area contributed by atoms with Crippen molar-refractivity contribution in [2.24, 2.45) is 0 Å². The van der Waals surface area contributed by atoms with E-state index < -0.39 is 11.7 Å². The van der Waals surface area contributed by atoms with E-state index in [0.29, 0.717) is 11.4 Å². The first kappa shape index (κ1) is 13.7. The Balaban J connectivity index is 2.27. The number of anilines is 3. The first-order valence-electron chi connectivity index (χ1n) is 5.81. The van der Waals surface area contributed by atoms with Crippen molar-refractivity contribution in [3.8, 4) is 5.75 Å². The summed E-state index contributed by atoms with van der Waals surface area (Å²) in [6.07, 6.45) is 0. The van der Waals surface area contributed by atoms with Crippen molar-refractivity contribution in [1.29, 1.82) is 0 Å². The summed E-state index contributed by atoms with van der Waals surface area (Å²) in [6, 6.07) is 8.56. The minimum absolute atomic E-state index is 0.0191. The van der Waals surface area contributed by atoms with Gasteiger partial charge in [0.25, 0.3) is 5.91 Å². The summed E-state index contributed by atoms with van der Waals surface area (Å²) in [7, 11) is 1.46. The van der Waals surface area contributed by atoms with Crippen LogP contribution in [0, 0.1) is 5.82 Å². The van der Waals surface area contributed by atoms with E-state index in [1.165, 1.54) is 37.4 Å². The monoisotopic (exact) mass is 275 g/mol. The third-order valence-corrected chi connectivity index (χ3v) is 2.74. The molecule has 0 atom stereocenters. The number of carbonyl (C=O) groups is 1. The number of hydrogen-bond donors (Lipinski definition) is 3. The molecule has 1 amide bonds. The summed E-state index contributed by atoms with van der Waals surface area (Å²) in [4.78, 5) is 12.1. The van der Waals surface area contributed by atoms with Crippen molar-refractivity contribution in [2.75, 3.05) is 23.9 Å². The molecule has 0 bridgehead atoms. The van der Waals surface area contributed by atoms with E-state index >= 15 is 0 Å². The number of carbonyl (C=O) groups excluding carboxylic acids is 1. The number of nitrogen functional groups attached to an aromatic ring is 2. The van der Waals surface area contributed by atoms with Crippen LogP contribution in [0.3, 0.4) is 0 Å². The molecule has 5 N–H and O–H groups in total. The normalized spacial score (nSPS) is 10.1. The number of amides is 1. The van der Waals surface area contributed by atoms with Crippen LogP contribution in [-0.4, -0.2) is 13.0 Å². The molecule has 0 fully saturated rings. The quantitative estimate of drug-likeness (QED) is 0.749. The molecule has 2 aromatic carbocycles. The Hall–Kier alpha value is -2.76. The van der Waals surface area contributed by atoms with Crippen molar-refractivity contribution in [1.82, 2.24) is 0 Å². The smallest absolute Gasteiger partial charge is 0.257 e. The van der Waals surface area contributed by atoms with Crippen LogP contribution in [0.15, 0.2) is 36.4 Å². The van der Waals surface area contributed by atoms with Crippen molar-refractivity contribution < 1.29 is 13.9 Å². The Bertz CT molecular complexity index is 659. The van der Waals surface area contributed by atoms with Gasteiger partial charge in [-0.3, -0.25) is 4.79 Å². The second-order valence-corrected chi connectivity index (χ2v) is 4.15. The fraction of sp³-hybridized carbons (Fsp3) is 0.0714. The number of methoxy groups -OCH3 is 1. The zero-order valence-corrected chi connectivity index (χ0v) is 10.8. The van der Waals surface area contributed by atoms with Crippen molar-refractivity contribution in [2.45, 2.75) is 0 Å². The summed E-state index contributed by atoms with van der Waals surface area (Å²) >= 11 is 0. The van der Waals surface area contributed by atoms with E-state index in [1.54, 1.807) is 6.07 Å².